The van der Waals surface area contributed by atoms with Crippen LogP contribution in [0.5, 0.6) is 11.5 Å². The monoisotopic (exact) mass is 398 g/mol. The topological polar surface area (TPSA) is 18.5 Å². The number of hydrogen-bond donors (Lipinski definition) is 0. The Morgan fingerprint density at radius 1 is 0.692 bits per heavy atom. The van der Waals surface area contributed by atoms with E-state index in [1.807, 2.05) is 21.6 Å². The van der Waals surface area contributed by atoms with Crippen LogP contribution < -0.4 is 9.47 Å². The van der Waals surface area contributed by atoms with Crippen LogP contribution in [0.1, 0.15) is 24.0 Å². The minimum absolute atomic E-state index is 0.198. The van der Waals surface area contributed by atoms with Crippen LogP contribution in [0.4, 0.5) is 0 Å². The summed E-state index contributed by atoms with van der Waals surface area (Å²) in [6.45, 7) is 0. The van der Waals surface area contributed by atoms with E-state index in [1.54, 1.807) is 30.2 Å². The molecule has 0 unspecified atom stereocenters. The van der Waals surface area contributed by atoms with E-state index < -0.39 is 0 Å². The van der Waals surface area contributed by atoms with Gasteiger partial charge < -0.3 is 9.47 Å². The van der Waals surface area contributed by atoms with Crippen LogP contribution in [0.2, 0.25) is 0 Å². The maximum atomic E-state index is 5.30. The molecule has 2 aliphatic heterocycles. The molecule has 0 N–H and O–H groups in total. The second-order valence-corrected chi connectivity index (χ2v) is 12.0. The van der Waals surface area contributed by atoms with Crippen LogP contribution in [0.3, 0.4) is 0 Å². The van der Waals surface area contributed by atoms with Crippen LogP contribution in [0.25, 0.3) is 9.81 Å². The molecule has 2 nitrogen and oxygen atoms in total. The van der Waals surface area contributed by atoms with E-state index >= 15 is 0 Å². The summed E-state index contributed by atoms with van der Waals surface area (Å²) in [7, 11) is 7.72. The summed E-state index contributed by atoms with van der Waals surface area (Å²) >= 11 is 0. The zero-order valence-corrected chi connectivity index (χ0v) is 17.0. The molecule has 0 radical (unpaired) electrons. The van der Waals surface area contributed by atoms with Crippen LogP contribution in [0, 0.1) is 0 Å². The summed E-state index contributed by atoms with van der Waals surface area (Å²) in [5.41, 5.74) is 5.81. The predicted octanol–water partition coefficient (Wildman–Crippen LogP) is 6.38. The summed E-state index contributed by atoms with van der Waals surface area (Å²) in [6, 6.07) is 17.0. The third kappa shape index (κ3) is 2.56. The number of benzene rings is 2. The lowest BCUT2D eigenvalue weighted by Crippen LogP contribution is -1.93. The standard InChI is InChI=1S/C21H18O2S3/c1-22-15-7-3-13(4-8-15)19-17-11-12-18-20(25-26(24-19)21(17)18)14-5-9-16(23-2)10-6-14/h3-10H,11-12H2,1-2H3. The van der Waals surface area contributed by atoms with E-state index in [9.17, 15) is 0 Å². The lowest BCUT2D eigenvalue weighted by Gasteiger charge is -2.09. The Labute approximate surface area is 163 Å². The van der Waals surface area contributed by atoms with Crippen LogP contribution >= 0.6 is 30.1 Å². The van der Waals surface area contributed by atoms with E-state index in [4.69, 9.17) is 9.47 Å². The summed E-state index contributed by atoms with van der Waals surface area (Å²) in [5.74, 6) is 1.83. The lowest BCUT2D eigenvalue weighted by molar-refractivity contribution is 0.414. The Bertz CT molecular complexity index is 903. The van der Waals surface area contributed by atoms with Crippen molar-refractivity contribution in [1.29, 1.82) is 0 Å². The fourth-order valence-electron chi connectivity index (χ4n) is 3.58. The molecule has 0 atom stereocenters. The van der Waals surface area contributed by atoms with Gasteiger partial charge in [-0.3, -0.25) is 0 Å². The first-order valence-corrected chi connectivity index (χ1v) is 12.4. The van der Waals surface area contributed by atoms with Crippen molar-refractivity contribution in [3.05, 3.63) is 70.8 Å². The van der Waals surface area contributed by atoms with E-state index in [2.05, 4.69) is 48.5 Å². The Morgan fingerprint density at radius 2 is 1.12 bits per heavy atom. The number of methoxy groups -OCH3 is 2. The lowest BCUT2D eigenvalue weighted by atomic mass is 10.1. The number of allylic oxidation sites excluding steroid dienone is 2. The molecule has 0 bridgehead atoms. The highest BCUT2D eigenvalue weighted by Crippen LogP contribution is 2.70. The quantitative estimate of drug-likeness (QED) is 0.439. The first kappa shape index (κ1) is 16.6. The largest absolute Gasteiger partial charge is 0.497 e. The highest BCUT2D eigenvalue weighted by molar-refractivity contribution is 9.19. The molecule has 26 heavy (non-hydrogen) atoms. The Kier molecular flexibility index (Phi) is 4.18. The minimum atomic E-state index is 0.198. The zero-order chi connectivity index (χ0) is 17.7. The van der Waals surface area contributed by atoms with Crippen molar-refractivity contribution in [3.63, 3.8) is 0 Å². The molecule has 132 valence electrons. The van der Waals surface area contributed by atoms with E-state index in [0.717, 1.165) is 11.5 Å². The molecular formula is C21H18O2S3. The molecular weight excluding hydrogens is 380 g/mol. The fraction of sp³-hybridized carbons (Fsp3) is 0.190. The van der Waals surface area contributed by atoms with Gasteiger partial charge in [-0.05, 0) is 59.4 Å². The van der Waals surface area contributed by atoms with Crippen molar-refractivity contribution in [1.82, 2.24) is 0 Å². The molecule has 0 saturated heterocycles. The van der Waals surface area contributed by atoms with Crippen molar-refractivity contribution >= 4 is 44.8 Å². The average molecular weight is 399 g/mol. The molecule has 0 amide bonds. The Morgan fingerprint density at radius 3 is 1.50 bits per heavy atom. The molecule has 5 heteroatoms. The summed E-state index contributed by atoms with van der Waals surface area (Å²) < 4.78 is 10.6. The summed E-state index contributed by atoms with van der Waals surface area (Å²) in [4.78, 5) is 4.57. The number of rotatable bonds is 4. The first-order chi connectivity index (χ1) is 12.8. The number of ether oxygens (including phenoxy) is 2. The van der Waals surface area contributed by atoms with E-state index in [-0.39, 0.29) is 8.55 Å². The summed E-state index contributed by atoms with van der Waals surface area (Å²) in [5, 5.41) is 0. The molecule has 2 heterocycles. The zero-order valence-electron chi connectivity index (χ0n) is 14.6. The second kappa shape index (κ2) is 6.55. The van der Waals surface area contributed by atoms with Gasteiger partial charge in [-0.1, -0.05) is 54.4 Å². The third-order valence-electron chi connectivity index (χ3n) is 4.91. The van der Waals surface area contributed by atoms with E-state index in [1.165, 1.54) is 33.8 Å². The van der Waals surface area contributed by atoms with Gasteiger partial charge in [-0.2, -0.15) is 0 Å². The molecule has 1 aliphatic carbocycles. The maximum Gasteiger partial charge on any atom is 0.118 e. The van der Waals surface area contributed by atoms with Crippen molar-refractivity contribution < 1.29 is 9.47 Å². The van der Waals surface area contributed by atoms with Crippen molar-refractivity contribution in [3.8, 4) is 11.5 Å². The highest BCUT2D eigenvalue weighted by Gasteiger charge is 2.39. The normalized spacial score (nSPS) is 18.8. The molecule has 0 aromatic heterocycles. The molecule has 3 aliphatic rings. The maximum absolute atomic E-state index is 5.30. The van der Waals surface area contributed by atoms with Gasteiger partial charge in [-0.15, -0.1) is 0 Å². The molecule has 2 aromatic carbocycles. The van der Waals surface area contributed by atoms with Gasteiger partial charge in [0.15, 0.2) is 0 Å². The van der Waals surface area contributed by atoms with Gasteiger partial charge in [0.1, 0.15) is 11.5 Å². The van der Waals surface area contributed by atoms with Crippen molar-refractivity contribution in [2.24, 2.45) is 0 Å². The highest BCUT2D eigenvalue weighted by atomic mass is 33.5. The molecule has 5 rings (SSSR count). The Balaban J connectivity index is 1.50. The van der Waals surface area contributed by atoms with E-state index in [0.29, 0.717) is 0 Å². The van der Waals surface area contributed by atoms with Crippen LogP contribution in [0.15, 0.2) is 59.7 Å². The van der Waals surface area contributed by atoms with Gasteiger partial charge in [0.2, 0.25) is 0 Å². The molecule has 1 fully saturated rings. The molecule has 1 saturated carbocycles. The van der Waals surface area contributed by atoms with Gasteiger partial charge in [0, 0.05) is 14.7 Å². The SMILES string of the molecule is COc1ccc(C2=C3CCC4=C(c5ccc(OC)cc5)SS(=C34)S2)cc1. The van der Waals surface area contributed by atoms with Gasteiger partial charge >= 0.3 is 0 Å². The predicted molar refractivity (Wildman–Crippen MR) is 117 cm³/mol. The van der Waals surface area contributed by atoms with Gasteiger partial charge in [0.05, 0.1) is 14.2 Å². The first-order valence-electron chi connectivity index (χ1n) is 8.52. The minimum Gasteiger partial charge on any atom is -0.497 e. The smallest absolute Gasteiger partial charge is 0.118 e. The molecule has 0 spiro atoms. The Hall–Kier alpha value is -1.56. The van der Waals surface area contributed by atoms with Crippen molar-refractivity contribution in [2.45, 2.75) is 12.8 Å². The van der Waals surface area contributed by atoms with Gasteiger partial charge in [-0.25, -0.2) is 0 Å². The summed E-state index contributed by atoms with van der Waals surface area (Å²) in [6.07, 6.45) is 2.34. The van der Waals surface area contributed by atoms with Crippen LogP contribution in [-0.2, 0) is 0 Å². The van der Waals surface area contributed by atoms with Crippen molar-refractivity contribution in [2.75, 3.05) is 14.2 Å². The second-order valence-electron chi connectivity index (χ2n) is 6.30. The average Bonchev–Trinajstić information content (AvgIpc) is 3.37. The van der Waals surface area contributed by atoms with Gasteiger partial charge in [0.25, 0.3) is 0 Å². The third-order valence-corrected chi connectivity index (χ3v) is 11.5. The fourth-order valence-corrected chi connectivity index (χ4v) is 11.5. The van der Waals surface area contributed by atoms with Crippen LogP contribution in [-0.4, -0.2) is 19.1 Å². The molecule has 2 aromatic rings. The number of hydrogen-bond acceptors (Lipinski definition) is 4.